The highest BCUT2D eigenvalue weighted by molar-refractivity contribution is 7.18. The van der Waals surface area contributed by atoms with Crippen LogP contribution in [0.2, 0.25) is 0 Å². The standard InChI is InChI=1S/C27H43F2N2OP/c1-18-6-7-20(19(2)25(18)32)8-9-21-5-4-13-26(3)22(10-11-23(21)26)12-15-31-16-14-30-24(17-31)27(28,29)33/h8-9,18,22-25,30,32H,2,4-7,10-17,33H2,1,3H3/b20-8-,21-9+/t18-,22+,23?,24?,25-,26?/m0/s1. The molecule has 1 heterocycles. The zero-order valence-electron chi connectivity index (χ0n) is 20.5. The first-order valence-electron chi connectivity index (χ1n) is 13.0. The molecule has 4 unspecified atom stereocenters. The van der Waals surface area contributed by atoms with E-state index in [1.807, 2.05) is 0 Å². The average Bonchev–Trinajstić information content (AvgIpc) is 3.12. The van der Waals surface area contributed by atoms with Gasteiger partial charge in [0.15, 0.2) is 0 Å². The zero-order chi connectivity index (χ0) is 23.8. The van der Waals surface area contributed by atoms with E-state index in [2.05, 4.69) is 42.8 Å². The van der Waals surface area contributed by atoms with Crippen molar-refractivity contribution in [2.24, 2.45) is 23.2 Å². The lowest BCUT2D eigenvalue weighted by Crippen LogP contribution is -2.56. The van der Waals surface area contributed by atoms with Crippen LogP contribution in [0.25, 0.3) is 0 Å². The van der Waals surface area contributed by atoms with Crippen molar-refractivity contribution in [1.82, 2.24) is 10.2 Å². The molecule has 7 atom stereocenters. The quantitative estimate of drug-likeness (QED) is 0.508. The Kier molecular flexibility index (Phi) is 7.85. The van der Waals surface area contributed by atoms with Gasteiger partial charge in [0.25, 0.3) is 5.66 Å². The molecule has 0 aromatic carbocycles. The third-order valence-corrected chi connectivity index (χ3v) is 9.76. The molecule has 0 bridgehead atoms. The molecular weight excluding hydrogens is 437 g/mol. The Bertz CT molecular complexity index is 791. The van der Waals surface area contributed by atoms with E-state index in [1.54, 1.807) is 14.8 Å². The van der Waals surface area contributed by atoms with Crippen molar-refractivity contribution in [1.29, 1.82) is 0 Å². The first-order chi connectivity index (χ1) is 15.6. The maximum Gasteiger partial charge on any atom is 0.275 e. The summed E-state index contributed by atoms with van der Waals surface area (Å²) in [6.45, 7) is 11.6. The maximum atomic E-state index is 13.8. The van der Waals surface area contributed by atoms with Crippen molar-refractivity contribution < 1.29 is 13.9 Å². The lowest BCUT2D eigenvalue weighted by atomic mass is 9.63. The Morgan fingerprint density at radius 2 is 2.06 bits per heavy atom. The van der Waals surface area contributed by atoms with Crippen LogP contribution in [0.15, 0.2) is 35.5 Å². The number of hydrogen-bond acceptors (Lipinski definition) is 3. The summed E-state index contributed by atoms with van der Waals surface area (Å²) in [7, 11) is 1.71. The highest BCUT2D eigenvalue weighted by Gasteiger charge is 2.49. The van der Waals surface area contributed by atoms with E-state index in [1.165, 1.54) is 37.7 Å². The second-order valence-corrected chi connectivity index (χ2v) is 12.1. The van der Waals surface area contributed by atoms with E-state index >= 15 is 0 Å². The summed E-state index contributed by atoms with van der Waals surface area (Å²) in [4.78, 5) is 2.24. The Morgan fingerprint density at radius 3 is 2.82 bits per heavy atom. The van der Waals surface area contributed by atoms with Crippen molar-refractivity contribution in [3.63, 3.8) is 0 Å². The van der Waals surface area contributed by atoms with Crippen molar-refractivity contribution in [3.05, 3.63) is 35.5 Å². The summed E-state index contributed by atoms with van der Waals surface area (Å²) in [6.07, 6.45) is 13.5. The van der Waals surface area contributed by atoms with Gasteiger partial charge in [-0.15, -0.1) is 0 Å². The predicted molar refractivity (Wildman–Crippen MR) is 135 cm³/mol. The Labute approximate surface area is 201 Å². The first kappa shape index (κ1) is 25.5. The van der Waals surface area contributed by atoms with Crippen LogP contribution in [0.1, 0.15) is 65.2 Å². The zero-order valence-corrected chi connectivity index (χ0v) is 21.6. The van der Waals surface area contributed by atoms with Crippen molar-refractivity contribution in [3.8, 4) is 0 Å². The molecule has 0 spiro atoms. The number of fused-ring (bicyclic) bond motifs is 1. The SMILES string of the molecule is C=C1/C(=C\C=C2/CCCC3(C)C2CC[C@@H]3CCN2CCNC(C(F)(F)P)C2)CC[C@H](C)[C@@H]1O. The molecule has 33 heavy (non-hydrogen) atoms. The van der Waals surface area contributed by atoms with Gasteiger partial charge in [-0.2, -0.15) is 0 Å². The molecule has 1 aliphatic heterocycles. The Morgan fingerprint density at radius 1 is 1.27 bits per heavy atom. The molecule has 0 amide bonds. The third kappa shape index (κ3) is 5.47. The van der Waals surface area contributed by atoms with Gasteiger partial charge in [0.1, 0.15) is 0 Å². The van der Waals surface area contributed by atoms with Crippen LogP contribution in [0.3, 0.4) is 0 Å². The van der Waals surface area contributed by atoms with Gasteiger partial charge in [0.05, 0.1) is 12.1 Å². The highest BCUT2D eigenvalue weighted by Crippen LogP contribution is 2.58. The molecule has 3 aliphatic carbocycles. The summed E-state index contributed by atoms with van der Waals surface area (Å²) in [5.74, 6) is 1.58. The monoisotopic (exact) mass is 480 g/mol. The summed E-state index contributed by atoms with van der Waals surface area (Å²) in [5, 5.41) is 13.4. The van der Waals surface area contributed by atoms with E-state index in [0.29, 0.717) is 36.3 Å². The normalized spacial score (nSPS) is 41.0. The molecule has 0 aromatic heterocycles. The summed E-state index contributed by atoms with van der Waals surface area (Å²) in [5.41, 5.74) is 1.26. The van der Waals surface area contributed by atoms with Crippen LogP contribution in [0.5, 0.6) is 0 Å². The van der Waals surface area contributed by atoms with Gasteiger partial charge < -0.3 is 15.3 Å². The van der Waals surface area contributed by atoms with Crippen LogP contribution >= 0.6 is 9.24 Å². The maximum absolute atomic E-state index is 13.8. The highest BCUT2D eigenvalue weighted by atomic mass is 31.0. The lowest BCUT2D eigenvalue weighted by molar-refractivity contribution is 0.0215. The fourth-order valence-electron chi connectivity index (χ4n) is 7.06. The van der Waals surface area contributed by atoms with Crippen LogP contribution in [-0.2, 0) is 0 Å². The molecule has 3 saturated carbocycles. The van der Waals surface area contributed by atoms with Gasteiger partial charge in [-0.3, -0.25) is 0 Å². The number of halogens is 2. The number of allylic oxidation sites excluding steroid dienone is 3. The average molecular weight is 481 g/mol. The molecule has 4 aliphatic rings. The minimum absolute atomic E-state index is 0.295. The fourth-order valence-corrected chi connectivity index (χ4v) is 7.29. The van der Waals surface area contributed by atoms with E-state index < -0.39 is 17.8 Å². The van der Waals surface area contributed by atoms with E-state index in [0.717, 1.165) is 37.9 Å². The smallest absolute Gasteiger partial charge is 0.275 e. The number of rotatable bonds is 5. The van der Waals surface area contributed by atoms with Gasteiger partial charge in [-0.25, -0.2) is 8.78 Å². The van der Waals surface area contributed by atoms with Crippen molar-refractivity contribution >= 4 is 9.24 Å². The Hall–Kier alpha value is -0.610. The topological polar surface area (TPSA) is 35.5 Å². The number of aliphatic hydroxyl groups excluding tert-OH is 1. The molecule has 6 heteroatoms. The molecule has 1 saturated heterocycles. The van der Waals surface area contributed by atoms with Gasteiger partial charge in [-0.05, 0) is 92.2 Å². The van der Waals surface area contributed by atoms with Gasteiger partial charge in [0, 0.05) is 19.6 Å². The number of aliphatic hydroxyl groups is 1. The number of nitrogens with zero attached hydrogens (tertiary/aromatic N) is 1. The van der Waals surface area contributed by atoms with Crippen LogP contribution in [0, 0.1) is 23.2 Å². The predicted octanol–water partition coefficient (Wildman–Crippen LogP) is 5.53. The van der Waals surface area contributed by atoms with E-state index in [-0.39, 0.29) is 0 Å². The van der Waals surface area contributed by atoms with Crippen molar-refractivity contribution in [2.75, 3.05) is 26.2 Å². The van der Waals surface area contributed by atoms with Gasteiger partial charge in [0.2, 0.25) is 0 Å². The minimum atomic E-state index is -2.75. The molecular formula is C27H43F2N2OP. The second-order valence-electron chi connectivity index (χ2n) is 11.4. The minimum Gasteiger partial charge on any atom is -0.388 e. The van der Waals surface area contributed by atoms with Gasteiger partial charge >= 0.3 is 0 Å². The molecule has 0 radical (unpaired) electrons. The van der Waals surface area contributed by atoms with Gasteiger partial charge in [-0.1, -0.05) is 47.4 Å². The third-order valence-electron chi connectivity index (χ3n) is 9.35. The molecule has 0 aromatic rings. The van der Waals surface area contributed by atoms with Crippen molar-refractivity contribution in [2.45, 2.75) is 83.0 Å². The number of nitrogens with one attached hydrogen (secondary N) is 1. The molecule has 3 nitrogen and oxygen atoms in total. The van der Waals surface area contributed by atoms with Crippen LogP contribution in [0.4, 0.5) is 8.78 Å². The van der Waals surface area contributed by atoms with Crippen LogP contribution in [-0.4, -0.2) is 54.0 Å². The first-order valence-corrected chi connectivity index (χ1v) is 13.6. The number of alkyl halides is 2. The molecule has 4 rings (SSSR count). The molecule has 186 valence electrons. The second kappa shape index (κ2) is 10.2. The summed E-state index contributed by atoms with van der Waals surface area (Å²) < 4.78 is 27.5. The Balaban J connectivity index is 1.39. The summed E-state index contributed by atoms with van der Waals surface area (Å²) in [6, 6.07) is -0.767. The largest absolute Gasteiger partial charge is 0.388 e. The fraction of sp³-hybridized carbons (Fsp3) is 0.778. The lowest BCUT2D eigenvalue weighted by Gasteiger charge is -2.43. The van der Waals surface area contributed by atoms with E-state index in [9.17, 15) is 13.9 Å². The summed E-state index contributed by atoms with van der Waals surface area (Å²) >= 11 is 0. The molecule has 4 fully saturated rings. The van der Waals surface area contributed by atoms with Crippen LogP contribution < -0.4 is 5.32 Å². The molecule has 2 N–H and O–H groups in total. The number of piperazine rings is 1. The number of hydrogen-bond donors (Lipinski definition) is 2. The van der Waals surface area contributed by atoms with E-state index in [4.69, 9.17) is 0 Å².